The predicted molar refractivity (Wildman–Crippen MR) is 63.4 cm³/mol. The molecule has 1 unspecified atom stereocenters. The lowest BCUT2D eigenvalue weighted by Crippen LogP contribution is -2.12. The lowest BCUT2D eigenvalue weighted by Gasteiger charge is -2.06. The van der Waals surface area contributed by atoms with Crippen LogP contribution in [-0.2, 0) is 0 Å². The van der Waals surface area contributed by atoms with Gasteiger partial charge in [-0.05, 0) is 25.0 Å². The number of para-hydroxylation sites is 2. The number of hydrogen-bond acceptors (Lipinski definition) is 4. The van der Waals surface area contributed by atoms with E-state index in [0.29, 0.717) is 19.0 Å². The Balaban J connectivity index is 1.94. The van der Waals surface area contributed by atoms with Gasteiger partial charge in [-0.15, -0.1) is 0 Å². The maximum absolute atomic E-state index is 9.38. The summed E-state index contributed by atoms with van der Waals surface area (Å²) in [6, 6.07) is 8.15. The molecule has 0 saturated heterocycles. The first-order valence-electron chi connectivity index (χ1n) is 5.57. The summed E-state index contributed by atoms with van der Waals surface area (Å²) >= 11 is 0. The molecule has 0 bridgehead atoms. The highest BCUT2D eigenvalue weighted by atomic mass is 16.4. The zero-order valence-corrected chi connectivity index (χ0v) is 9.31. The number of rotatable bonds is 5. The molecule has 0 saturated carbocycles. The van der Waals surface area contributed by atoms with Gasteiger partial charge in [0.2, 0.25) is 0 Å². The van der Waals surface area contributed by atoms with Gasteiger partial charge in [0.05, 0.1) is 6.10 Å². The molecule has 2 rings (SSSR count). The largest absolute Gasteiger partial charge is 0.424 e. The average molecular weight is 220 g/mol. The van der Waals surface area contributed by atoms with Crippen LogP contribution in [0.3, 0.4) is 0 Å². The third kappa shape index (κ3) is 2.52. The van der Waals surface area contributed by atoms with Crippen molar-refractivity contribution in [3.05, 3.63) is 24.3 Å². The summed E-state index contributed by atoms with van der Waals surface area (Å²) < 4.78 is 5.48. The van der Waals surface area contributed by atoms with Crippen molar-refractivity contribution >= 4 is 17.1 Å². The van der Waals surface area contributed by atoms with Crippen molar-refractivity contribution in [2.24, 2.45) is 0 Å². The van der Waals surface area contributed by atoms with Crippen molar-refractivity contribution in [2.75, 3.05) is 11.9 Å². The Labute approximate surface area is 94.3 Å². The predicted octanol–water partition coefficient (Wildman–Crippen LogP) is 2.40. The smallest absolute Gasteiger partial charge is 0.295 e. The van der Waals surface area contributed by atoms with Crippen LogP contribution in [0, 0.1) is 0 Å². The first-order chi connectivity index (χ1) is 7.79. The molecule has 2 aromatic rings. The molecule has 0 spiro atoms. The standard InChI is InChI=1S/C12H16N2O2/c1-2-9(15)7-8-13-12-14-10-5-3-4-6-11(10)16-12/h3-6,9,15H,2,7-8H2,1H3,(H,13,14). The van der Waals surface area contributed by atoms with Crippen LogP contribution >= 0.6 is 0 Å². The molecule has 2 N–H and O–H groups in total. The fraction of sp³-hybridized carbons (Fsp3) is 0.417. The number of anilines is 1. The molecule has 1 atom stereocenters. The van der Waals surface area contributed by atoms with E-state index in [9.17, 15) is 5.11 Å². The molecule has 0 radical (unpaired) electrons. The van der Waals surface area contributed by atoms with E-state index in [1.54, 1.807) is 0 Å². The molecule has 0 amide bonds. The van der Waals surface area contributed by atoms with Gasteiger partial charge >= 0.3 is 0 Å². The Morgan fingerprint density at radius 2 is 2.25 bits per heavy atom. The van der Waals surface area contributed by atoms with Crippen molar-refractivity contribution in [3.8, 4) is 0 Å². The third-order valence-corrected chi connectivity index (χ3v) is 2.52. The van der Waals surface area contributed by atoms with Crippen LogP contribution in [0.1, 0.15) is 19.8 Å². The number of benzene rings is 1. The van der Waals surface area contributed by atoms with Crippen molar-refractivity contribution < 1.29 is 9.52 Å². The highest BCUT2D eigenvalue weighted by Gasteiger charge is 2.05. The van der Waals surface area contributed by atoms with E-state index in [2.05, 4.69) is 10.3 Å². The number of hydrogen-bond donors (Lipinski definition) is 2. The molecule has 0 fully saturated rings. The summed E-state index contributed by atoms with van der Waals surface area (Å²) in [5, 5.41) is 12.4. The molecule has 16 heavy (non-hydrogen) atoms. The summed E-state index contributed by atoms with van der Waals surface area (Å²) in [6.07, 6.45) is 1.22. The molecule has 1 heterocycles. The van der Waals surface area contributed by atoms with Gasteiger partial charge in [-0.3, -0.25) is 0 Å². The van der Waals surface area contributed by atoms with Gasteiger partial charge in [0, 0.05) is 6.54 Å². The summed E-state index contributed by atoms with van der Waals surface area (Å²) in [5.74, 6) is 0. The van der Waals surface area contributed by atoms with Crippen LogP contribution in [0.15, 0.2) is 28.7 Å². The summed E-state index contributed by atoms with van der Waals surface area (Å²) in [5.41, 5.74) is 1.63. The first kappa shape index (κ1) is 11.0. The Morgan fingerprint density at radius 3 is 3.00 bits per heavy atom. The second-order valence-corrected chi connectivity index (χ2v) is 3.76. The van der Waals surface area contributed by atoms with Gasteiger partial charge in [-0.25, -0.2) is 0 Å². The van der Waals surface area contributed by atoms with Crippen molar-refractivity contribution in [3.63, 3.8) is 0 Å². The molecular formula is C12H16N2O2. The van der Waals surface area contributed by atoms with Crippen LogP contribution in [0.4, 0.5) is 6.01 Å². The van der Waals surface area contributed by atoms with E-state index >= 15 is 0 Å². The van der Waals surface area contributed by atoms with E-state index in [4.69, 9.17) is 4.42 Å². The lowest BCUT2D eigenvalue weighted by atomic mass is 10.2. The molecular weight excluding hydrogens is 204 g/mol. The van der Waals surface area contributed by atoms with E-state index in [0.717, 1.165) is 17.5 Å². The van der Waals surface area contributed by atoms with Crippen LogP contribution in [0.5, 0.6) is 0 Å². The summed E-state index contributed by atoms with van der Waals surface area (Å²) in [6.45, 7) is 2.63. The molecule has 0 aliphatic heterocycles. The van der Waals surface area contributed by atoms with Crippen LogP contribution in [0.25, 0.3) is 11.1 Å². The maximum atomic E-state index is 9.38. The van der Waals surface area contributed by atoms with E-state index in [1.165, 1.54) is 0 Å². The van der Waals surface area contributed by atoms with Gasteiger partial charge < -0.3 is 14.8 Å². The Kier molecular flexibility index (Phi) is 3.41. The highest BCUT2D eigenvalue weighted by molar-refractivity contribution is 5.74. The minimum Gasteiger partial charge on any atom is -0.424 e. The molecule has 4 heteroatoms. The quantitative estimate of drug-likeness (QED) is 0.812. The van der Waals surface area contributed by atoms with Gasteiger partial charge in [-0.1, -0.05) is 19.1 Å². The minimum absolute atomic E-state index is 0.253. The Hall–Kier alpha value is -1.55. The number of aromatic nitrogens is 1. The van der Waals surface area contributed by atoms with Gasteiger partial charge in [0.1, 0.15) is 5.52 Å². The van der Waals surface area contributed by atoms with Crippen molar-refractivity contribution in [1.29, 1.82) is 0 Å². The number of aliphatic hydroxyl groups excluding tert-OH is 1. The number of fused-ring (bicyclic) bond motifs is 1. The second kappa shape index (κ2) is 4.99. The number of nitrogens with one attached hydrogen (secondary N) is 1. The second-order valence-electron chi connectivity index (χ2n) is 3.76. The van der Waals surface area contributed by atoms with Crippen LogP contribution in [-0.4, -0.2) is 22.7 Å². The average Bonchev–Trinajstić information content (AvgIpc) is 2.71. The molecule has 1 aromatic carbocycles. The fourth-order valence-electron chi connectivity index (χ4n) is 1.50. The topological polar surface area (TPSA) is 58.3 Å². The zero-order chi connectivity index (χ0) is 11.4. The molecule has 1 aromatic heterocycles. The molecule has 0 aliphatic rings. The Bertz CT molecular complexity index is 420. The first-order valence-corrected chi connectivity index (χ1v) is 5.57. The fourth-order valence-corrected chi connectivity index (χ4v) is 1.50. The maximum Gasteiger partial charge on any atom is 0.295 e. The molecule has 86 valence electrons. The number of nitrogens with zero attached hydrogens (tertiary/aromatic N) is 1. The van der Waals surface area contributed by atoms with Gasteiger partial charge in [-0.2, -0.15) is 4.98 Å². The monoisotopic (exact) mass is 220 g/mol. The van der Waals surface area contributed by atoms with E-state index in [-0.39, 0.29) is 6.10 Å². The molecule has 0 aliphatic carbocycles. The van der Waals surface area contributed by atoms with Crippen molar-refractivity contribution in [1.82, 2.24) is 4.98 Å². The van der Waals surface area contributed by atoms with Gasteiger partial charge in [0.25, 0.3) is 6.01 Å². The van der Waals surface area contributed by atoms with E-state index < -0.39 is 0 Å². The SMILES string of the molecule is CCC(O)CCNc1nc2ccccc2o1. The van der Waals surface area contributed by atoms with Crippen molar-refractivity contribution in [2.45, 2.75) is 25.9 Å². The molecule has 4 nitrogen and oxygen atoms in total. The normalized spacial score (nSPS) is 12.9. The lowest BCUT2D eigenvalue weighted by molar-refractivity contribution is 0.164. The van der Waals surface area contributed by atoms with Crippen LogP contribution < -0.4 is 5.32 Å². The highest BCUT2D eigenvalue weighted by Crippen LogP contribution is 2.17. The summed E-state index contributed by atoms with van der Waals surface area (Å²) in [4.78, 5) is 4.28. The summed E-state index contributed by atoms with van der Waals surface area (Å²) in [7, 11) is 0. The van der Waals surface area contributed by atoms with Gasteiger partial charge in [0.15, 0.2) is 5.58 Å². The number of oxazole rings is 1. The third-order valence-electron chi connectivity index (χ3n) is 2.52. The van der Waals surface area contributed by atoms with E-state index in [1.807, 2.05) is 31.2 Å². The van der Waals surface area contributed by atoms with Crippen LogP contribution in [0.2, 0.25) is 0 Å². The minimum atomic E-state index is -0.253. The Morgan fingerprint density at radius 1 is 1.44 bits per heavy atom. The zero-order valence-electron chi connectivity index (χ0n) is 9.31. The number of aliphatic hydroxyl groups is 1.